The number of fused-ring (bicyclic) bond motifs is 6. The normalized spacial score (nSPS) is 11.6. The van der Waals surface area contributed by atoms with Crippen molar-refractivity contribution in [1.29, 1.82) is 0 Å². The summed E-state index contributed by atoms with van der Waals surface area (Å²) in [6.07, 6.45) is 6.84. The molecule has 0 aliphatic rings. The molecule has 0 fully saturated rings. The van der Waals surface area contributed by atoms with E-state index >= 15 is 0 Å². The van der Waals surface area contributed by atoms with E-state index in [0.29, 0.717) is 34.3 Å². The number of benzene rings is 3. The molecule has 0 radical (unpaired) electrons. The van der Waals surface area contributed by atoms with Crippen LogP contribution in [0.4, 0.5) is 0 Å². The predicted molar refractivity (Wildman–Crippen MR) is 150 cm³/mol. The summed E-state index contributed by atoms with van der Waals surface area (Å²) in [5, 5.41) is 2.74. The number of pyridine rings is 2. The Hall–Kier alpha value is -5.63. The lowest BCUT2D eigenvalue weighted by molar-refractivity contribution is 0.653. The summed E-state index contributed by atoms with van der Waals surface area (Å²) in [5.41, 5.74) is 6.12. The van der Waals surface area contributed by atoms with Crippen LogP contribution >= 0.6 is 0 Å². The van der Waals surface area contributed by atoms with Gasteiger partial charge in [0.1, 0.15) is 11.1 Å². The van der Waals surface area contributed by atoms with E-state index in [1.165, 1.54) is 0 Å². The highest BCUT2D eigenvalue weighted by Crippen LogP contribution is 2.34. The van der Waals surface area contributed by atoms with Crippen LogP contribution in [0.2, 0.25) is 0 Å². The summed E-state index contributed by atoms with van der Waals surface area (Å²) in [6.45, 7) is 0. The molecule has 39 heavy (non-hydrogen) atoms. The second-order valence-corrected chi connectivity index (χ2v) is 9.09. The fourth-order valence-electron chi connectivity index (χ4n) is 4.94. The van der Waals surface area contributed by atoms with Crippen LogP contribution in [-0.4, -0.2) is 34.9 Å². The topological polar surface area (TPSA) is 103 Å². The zero-order valence-electron chi connectivity index (χ0n) is 20.4. The molecule has 5 heterocycles. The van der Waals surface area contributed by atoms with Crippen molar-refractivity contribution < 1.29 is 4.42 Å². The van der Waals surface area contributed by atoms with Crippen LogP contribution in [0.5, 0.6) is 0 Å². The average Bonchev–Trinajstić information content (AvgIpc) is 3.39. The van der Waals surface area contributed by atoms with Crippen LogP contribution in [0.25, 0.3) is 78.2 Å². The SMILES string of the molecule is c1ccc(-c2nc(-c3ccc4oc5nccnc5c4c3)nc(-c3cc4cccnc4c4ncccc34)n2)cc1. The lowest BCUT2D eigenvalue weighted by Gasteiger charge is -2.11. The van der Waals surface area contributed by atoms with Crippen molar-refractivity contribution in [2.75, 3.05) is 0 Å². The molecular weight excluding hydrogens is 486 g/mol. The first-order valence-corrected chi connectivity index (χ1v) is 12.4. The smallest absolute Gasteiger partial charge is 0.246 e. The molecule has 0 spiro atoms. The molecule has 8 nitrogen and oxygen atoms in total. The Labute approximate surface area is 221 Å². The molecule has 3 aromatic carbocycles. The van der Waals surface area contributed by atoms with Crippen LogP contribution in [-0.2, 0) is 0 Å². The van der Waals surface area contributed by atoms with E-state index in [9.17, 15) is 0 Å². The summed E-state index contributed by atoms with van der Waals surface area (Å²) >= 11 is 0. The van der Waals surface area contributed by atoms with E-state index in [1.54, 1.807) is 24.8 Å². The van der Waals surface area contributed by atoms with E-state index in [-0.39, 0.29) is 0 Å². The minimum Gasteiger partial charge on any atom is -0.436 e. The van der Waals surface area contributed by atoms with Gasteiger partial charge in [0.15, 0.2) is 17.5 Å². The summed E-state index contributed by atoms with van der Waals surface area (Å²) in [6, 6.07) is 25.7. The van der Waals surface area contributed by atoms with Gasteiger partial charge in [-0.15, -0.1) is 0 Å². The zero-order valence-corrected chi connectivity index (χ0v) is 20.4. The van der Waals surface area contributed by atoms with Crippen molar-refractivity contribution in [1.82, 2.24) is 34.9 Å². The Kier molecular flexibility index (Phi) is 4.65. The van der Waals surface area contributed by atoms with Crippen molar-refractivity contribution in [3.8, 4) is 34.2 Å². The average molecular weight is 504 g/mol. The Morgan fingerprint density at radius 1 is 0.487 bits per heavy atom. The maximum atomic E-state index is 5.88. The summed E-state index contributed by atoms with van der Waals surface area (Å²) in [4.78, 5) is 32.9. The molecule has 0 unspecified atom stereocenters. The third kappa shape index (κ3) is 3.50. The third-order valence-corrected chi connectivity index (χ3v) is 6.73. The van der Waals surface area contributed by atoms with Crippen molar-refractivity contribution >= 4 is 44.0 Å². The van der Waals surface area contributed by atoms with Gasteiger partial charge in [-0.2, -0.15) is 0 Å². The summed E-state index contributed by atoms with van der Waals surface area (Å²) < 4.78 is 5.88. The van der Waals surface area contributed by atoms with Crippen LogP contribution in [0.15, 0.2) is 108 Å². The minimum atomic E-state index is 0.495. The second kappa shape index (κ2) is 8.46. The number of aromatic nitrogens is 7. The van der Waals surface area contributed by atoms with Gasteiger partial charge in [0.05, 0.1) is 11.0 Å². The fraction of sp³-hybridized carbons (Fsp3) is 0. The van der Waals surface area contributed by atoms with E-state index in [4.69, 9.17) is 19.4 Å². The van der Waals surface area contributed by atoms with Crippen molar-refractivity contribution in [2.45, 2.75) is 0 Å². The largest absolute Gasteiger partial charge is 0.436 e. The van der Waals surface area contributed by atoms with Crippen molar-refractivity contribution in [2.24, 2.45) is 0 Å². The quantitative estimate of drug-likeness (QED) is 0.247. The monoisotopic (exact) mass is 503 g/mol. The maximum Gasteiger partial charge on any atom is 0.246 e. The van der Waals surface area contributed by atoms with Crippen molar-refractivity contribution in [3.63, 3.8) is 0 Å². The van der Waals surface area contributed by atoms with Gasteiger partial charge in [-0.25, -0.2) is 24.9 Å². The molecule has 0 saturated carbocycles. The van der Waals surface area contributed by atoms with Gasteiger partial charge < -0.3 is 4.42 Å². The second-order valence-electron chi connectivity index (χ2n) is 9.09. The molecule has 0 aliphatic heterocycles. The molecule has 0 saturated heterocycles. The number of nitrogens with zero attached hydrogens (tertiary/aromatic N) is 7. The molecule has 0 atom stereocenters. The molecule has 8 rings (SSSR count). The molecule has 8 heteroatoms. The summed E-state index contributed by atoms with van der Waals surface area (Å²) in [5.74, 6) is 1.68. The zero-order chi connectivity index (χ0) is 25.8. The molecular formula is C31H17N7O. The van der Waals surface area contributed by atoms with Gasteiger partial charge in [0.2, 0.25) is 5.71 Å². The first-order valence-electron chi connectivity index (χ1n) is 12.4. The van der Waals surface area contributed by atoms with Crippen LogP contribution in [0.1, 0.15) is 0 Å². The molecule has 0 amide bonds. The van der Waals surface area contributed by atoms with E-state index < -0.39 is 0 Å². The number of hydrogen-bond acceptors (Lipinski definition) is 8. The first-order chi connectivity index (χ1) is 19.3. The van der Waals surface area contributed by atoms with Gasteiger partial charge in [0.25, 0.3) is 0 Å². The van der Waals surface area contributed by atoms with Crippen LogP contribution < -0.4 is 0 Å². The van der Waals surface area contributed by atoms with Gasteiger partial charge >= 0.3 is 0 Å². The lowest BCUT2D eigenvalue weighted by atomic mass is 10.0. The number of furan rings is 1. The Bertz CT molecular complexity index is 2190. The third-order valence-electron chi connectivity index (χ3n) is 6.73. The number of hydrogen-bond donors (Lipinski definition) is 0. The Balaban J connectivity index is 1.41. The molecule has 0 bridgehead atoms. The molecule has 5 aromatic heterocycles. The fourth-order valence-corrected chi connectivity index (χ4v) is 4.94. The number of rotatable bonds is 3. The lowest BCUT2D eigenvalue weighted by Crippen LogP contribution is -2.01. The predicted octanol–water partition coefficient (Wildman–Crippen LogP) is 6.66. The van der Waals surface area contributed by atoms with Gasteiger partial charge in [-0.3, -0.25) is 9.97 Å². The van der Waals surface area contributed by atoms with Crippen LogP contribution in [0, 0.1) is 0 Å². The standard InChI is InChI=1S/C31H17N7O/c1-2-6-18(7-3-1)28-36-29(20-10-11-24-23(17-20)27-31(39-24)35-15-14-34-27)38-30(37-28)22-16-19-8-4-12-32-25(19)26-21(22)9-5-13-33-26/h1-17H. The molecule has 182 valence electrons. The first kappa shape index (κ1) is 21.5. The van der Waals surface area contributed by atoms with E-state index in [2.05, 4.69) is 26.0 Å². The van der Waals surface area contributed by atoms with E-state index in [1.807, 2.05) is 72.8 Å². The van der Waals surface area contributed by atoms with Crippen LogP contribution in [0.3, 0.4) is 0 Å². The molecule has 0 N–H and O–H groups in total. The van der Waals surface area contributed by atoms with E-state index in [0.717, 1.165) is 43.9 Å². The van der Waals surface area contributed by atoms with Gasteiger partial charge in [-0.1, -0.05) is 42.5 Å². The minimum absolute atomic E-state index is 0.495. The highest BCUT2D eigenvalue weighted by molar-refractivity contribution is 6.09. The van der Waals surface area contributed by atoms with Gasteiger partial charge in [0, 0.05) is 57.6 Å². The van der Waals surface area contributed by atoms with Crippen molar-refractivity contribution in [3.05, 3.63) is 104 Å². The molecule has 0 aliphatic carbocycles. The molecule has 8 aromatic rings. The highest BCUT2D eigenvalue weighted by atomic mass is 16.3. The highest BCUT2D eigenvalue weighted by Gasteiger charge is 2.18. The maximum absolute atomic E-state index is 5.88. The summed E-state index contributed by atoms with van der Waals surface area (Å²) in [7, 11) is 0. The Morgan fingerprint density at radius 3 is 2.13 bits per heavy atom. The Morgan fingerprint density at radius 2 is 1.23 bits per heavy atom. The van der Waals surface area contributed by atoms with Gasteiger partial charge in [-0.05, 0) is 36.4 Å².